The first-order valence-corrected chi connectivity index (χ1v) is 8.84. The predicted molar refractivity (Wildman–Crippen MR) is 108 cm³/mol. The van der Waals surface area contributed by atoms with Crippen LogP contribution in [0.25, 0.3) is 0 Å². The van der Waals surface area contributed by atoms with Gasteiger partial charge >= 0.3 is 0 Å². The van der Waals surface area contributed by atoms with Crippen LogP contribution in [0.5, 0.6) is 11.5 Å². The number of unbranched alkanes of at least 4 members (excludes halogenated alkanes) is 1. The monoisotopic (exact) mass is 403 g/mol. The molecule has 2 aromatic rings. The molecule has 0 aromatic heterocycles. The maximum Gasteiger partial charge on any atom is 0.180 e. The van der Waals surface area contributed by atoms with Crippen molar-refractivity contribution in [2.24, 2.45) is 0 Å². The maximum absolute atomic E-state index is 6.39. The van der Waals surface area contributed by atoms with Gasteiger partial charge in [-0.3, -0.25) is 0 Å². The maximum atomic E-state index is 6.39. The Bertz CT molecular complexity index is 648. The Morgan fingerprint density at radius 2 is 1.76 bits per heavy atom. The van der Waals surface area contributed by atoms with Crippen LogP contribution >= 0.6 is 35.6 Å². The SMILES string of the molecule is CCCCNCc1cc(Cl)c(OCc2ccc(Cl)cc2)c(OC)c1.Cl. The van der Waals surface area contributed by atoms with Crippen LogP contribution in [0.2, 0.25) is 10.0 Å². The summed E-state index contributed by atoms with van der Waals surface area (Å²) in [6.07, 6.45) is 2.34. The molecule has 0 unspecified atom stereocenters. The van der Waals surface area contributed by atoms with E-state index in [1.165, 1.54) is 6.42 Å². The molecule has 0 heterocycles. The number of benzene rings is 2. The van der Waals surface area contributed by atoms with Gasteiger partial charge in [0.25, 0.3) is 0 Å². The average molecular weight is 405 g/mol. The molecule has 3 nitrogen and oxygen atoms in total. The molecule has 138 valence electrons. The molecular weight excluding hydrogens is 381 g/mol. The zero-order chi connectivity index (χ0) is 17.4. The van der Waals surface area contributed by atoms with Crippen molar-refractivity contribution in [2.75, 3.05) is 13.7 Å². The number of ether oxygens (including phenoxy) is 2. The highest BCUT2D eigenvalue weighted by Gasteiger charge is 2.12. The molecule has 0 fully saturated rings. The average Bonchev–Trinajstić information content (AvgIpc) is 2.59. The molecule has 0 spiro atoms. The fourth-order valence-corrected chi connectivity index (χ4v) is 2.70. The third-order valence-electron chi connectivity index (χ3n) is 3.62. The van der Waals surface area contributed by atoms with Crippen molar-refractivity contribution < 1.29 is 9.47 Å². The van der Waals surface area contributed by atoms with Gasteiger partial charge in [0.05, 0.1) is 12.1 Å². The molecule has 0 aliphatic heterocycles. The molecule has 6 heteroatoms. The van der Waals surface area contributed by atoms with Gasteiger partial charge in [0.15, 0.2) is 11.5 Å². The molecule has 2 aromatic carbocycles. The topological polar surface area (TPSA) is 30.5 Å². The molecule has 0 bridgehead atoms. The van der Waals surface area contributed by atoms with Crippen LogP contribution in [-0.4, -0.2) is 13.7 Å². The minimum atomic E-state index is 0. The number of nitrogens with one attached hydrogen (secondary N) is 1. The van der Waals surface area contributed by atoms with Crippen molar-refractivity contribution in [3.8, 4) is 11.5 Å². The quantitative estimate of drug-likeness (QED) is 0.528. The summed E-state index contributed by atoms with van der Waals surface area (Å²) in [6, 6.07) is 11.4. The van der Waals surface area contributed by atoms with Crippen LogP contribution in [0.3, 0.4) is 0 Å². The number of rotatable bonds is 9. The van der Waals surface area contributed by atoms with Crippen LogP contribution in [0.4, 0.5) is 0 Å². The molecular formula is C19H24Cl3NO2. The molecule has 0 atom stereocenters. The third kappa shape index (κ3) is 6.95. The van der Waals surface area contributed by atoms with Gasteiger partial charge < -0.3 is 14.8 Å². The summed E-state index contributed by atoms with van der Waals surface area (Å²) in [5, 5.41) is 4.65. The largest absolute Gasteiger partial charge is 0.493 e. The van der Waals surface area contributed by atoms with Gasteiger partial charge in [-0.05, 0) is 48.4 Å². The first kappa shape index (κ1) is 21.9. The zero-order valence-corrected chi connectivity index (χ0v) is 16.8. The van der Waals surface area contributed by atoms with E-state index in [4.69, 9.17) is 32.7 Å². The summed E-state index contributed by atoms with van der Waals surface area (Å²) in [6.45, 7) is 4.33. The smallest absolute Gasteiger partial charge is 0.180 e. The number of hydrogen-bond acceptors (Lipinski definition) is 3. The van der Waals surface area contributed by atoms with E-state index in [9.17, 15) is 0 Å². The molecule has 25 heavy (non-hydrogen) atoms. The summed E-state index contributed by atoms with van der Waals surface area (Å²) in [5.74, 6) is 1.20. The van der Waals surface area contributed by atoms with Gasteiger partial charge in [-0.25, -0.2) is 0 Å². The molecule has 0 aliphatic rings. The van der Waals surface area contributed by atoms with Crippen molar-refractivity contribution in [3.63, 3.8) is 0 Å². The predicted octanol–water partition coefficient (Wildman–Crippen LogP) is 5.89. The highest BCUT2D eigenvalue weighted by molar-refractivity contribution is 6.32. The molecule has 0 radical (unpaired) electrons. The Morgan fingerprint density at radius 1 is 1.04 bits per heavy atom. The summed E-state index contributed by atoms with van der Waals surface area (Å²) in [5.41, 5.74) is 2.09. The Labute approximate surface area is 166 Å². The van der Waals surface area contributed by atoms with Gasteiger partial charge in [-0.1, -0.05) is 48.7 Å². The van der Waals surface area contributed by atoms with Crippen molar-refractivity contribution in [2.45, 2.75) is 32.9 Å². The standard InChI is InChI=1S/C19H23Cl2NO2.ClH/c1-3-4-9-22-12-15-10-17(21)19(18(11-15)23-2)24-13-14-5-7-16(20)8-6-14;/h5-8,10-11,22H,3-4,9,12-13H2,1-2H3;1H. The lowest BCUT2D eigenvalue weighted by Crippen LogP contribution is -2.14. The number of methoxy groups -OCH3 is 1. The van der Waals surface area contributed by atoms with Gasteiger partial charge in [0.1, 0.15) is 6.61 Å². The Balaban J connectivity index is 0.00000312. The first-order valence-electron chi connectivity index (χ1n) is 8.08. The van der Waals surface area contributed by atoms with Gasteiger partial charge in [-0.2, -0.15) is 0 Å². The van der Waals surface area contributed by atoms with Crippen molar-refractivity contribution >= 4 is 35.6 Å². The van der Waals surface area contributed by atoms with E-state index >= 15 is 0 Å². The molecule has 0 aliphatic carbocycles. The summed E-state index contributed by atoms with van der Waals surface area (Å²) >= 11 is 12.3. The van der Waals surface area contributed by atoms with Crippen molar-refractivity contribution in [1.82, 2.24) is 5.32 Å². The van der Waals surface area contributed by atoms with E-state index in [2.05, 4.69) is 12.2 Å². The van der Waals surface area contributed by atoms with Crippen LogP contribution in [-0.2, 0) is 13.2 Å². The second-order valence-electron chi connectivity index (χ2n) is 5.55. The van der Waals surface area contributed by atoms with E-state index in [-0.39, 0.29) is 12.4 Å². The minimum Gasteiger partial charge on any atom is -0.493 e. The number of hydrogen-bond donors (Lipinski definition) is 1. The van der Waals surface area contributed by atoms with Crippen molar-refractivity contribution in [3.05, 3.63) is 57.6 Å². The first-order chi connectivity index (χ1) is 11.6. The van der Waals surface area contributed by atoms with Gasteiger partial charge in [0.2, 0.25) is 0 Å². The molecule has 1 N–H and O–H groups in total. The lowest BCUT2D eigenvalue weighted by atomic mass is 10.2. The van der Waals surface area contributed by atoms with Crippen LogP contribution in [0.15, 0.2) is 36.4 Å². The van der Waals surface area contributed by atoms with Crippen LogP contribution in [0.1, 0.15) is 30.9 Å². The van der Waals surface area contributed by atoms with Crippen LogP contribution < -0.4 is 14.8 Å². The molecule has 0 amide bonds. The molecule has 0 saturated carbocycles. The lowest BCUT2D eigenvalue weighted by molar-refractivity contribution is 0.284. The summed E-state index contributed by atoms with van der Waals surface area (Å²) in [4.78, 5) is 0. The second-order valence-corrected chi connectivity index (χ2v) is 6.40. The van der Waals surface area contributed by atoms with E-state index < -0.39 is 0 Å². The normalized spacial score (nSPS) is 10.2. The molecule has 0 saturated heterocycles. The summed E-state index contributed by atoms with van der Waals surface area (Å²) < 4.78 is 11.3. The van der Waals surface area contributed by atoms with E-state index in [1.807, 2.05) is 36.4 Å². The minimum absolute atomic E-state index is 0. The fourth-order valence-electron chi connectivity index (χ4n) is 2.29. The van der Waals surface area contributed by atoms with E-state index in [0.29, 0.717) is 28.2 Å². The fraction of sp³-hybridized carbons (Fsp3) is 0.368. The Hall–Kier alpha value is -1.13. The second kappa shape index (κ2) is 11.5. The summed E-state index contributed by atoms with van der Waals surface area (Å²) in [7, 11) is 1.62. The number of halogens is 3. The Kier molecular flexibility index (Phi) is 10.1. The van der Waals surface area contributed by atoms with Crippen molar-refractivity contribution in [1.29, 1.82) is 0 Å². The Morgan fingerprint density at radius 3 is 2.40 bits per heavy atom. The van der Waals surface area contributed by atoms with Gasteiger partial charge in [-0.15, -0.1) is 12.4 Å². The highest BCUT2D eigenvalue weighted by Crippen LogP contribution is 2.37. The van der Waals surface area contributed by atoms with Crippen LogP contribution in [0, 0.1) is 0 Å². The highest BCUT2D eigenvalue weighted by atomic mass is 35.5. The molecule has 2 rings (SSSR count). The van der Waals surface area contributed by atoms with Gasteiger partial charge in [0, 0.05) is 11.6 Å². The van der Waals surface area contributed by atoms with E-state index in [1.54, 1.807) is 7.11 Å². The lowest BCUT2D eigenvalue weighted by Gasteiger charge is -2.15. The zero-order valence-electron chi connectivity index (χ0n) is 14.5. The third-order valence-corrected chi connectivity index (χ3v) is 4.15. The van der Waals surface area contributed by atoms with E-state index in [0.717, 1.165) is 30.6 Å².